The zero-order valence-corrected chi connectivity index (χ0v) is 13.8. The van der Waals surface area contributed by atoms with Crippen molar-refractivity contribution in [2.45, 2.75) is 61.1 Å². The Morgan fingerprint density at radius 1 is 1.23 bits per heavy atom. The average molecular weight is 322 g/mol. The van der Waals surface area contributed by atoms with E-state index in [0.29, 0.717) is 23.7 Å². The van der Waals surface area contributed by atoms with E-state index in [4.69, 9.17) is 15.3 Å². The van der Waals surface area contributed by atoms with Gasteiger partial charge in [-0.15, -0.1) is 0 Å². The number of rotatable bonds is 5. The molecule has 1 atom stereocenters. The zero-order valence-electron chi connectivity index (χ0n) is 13.0. The van der Waals surface area contributed by atoms with Crippen molar-refractivity contribution in [3.05, 3.63) is 24.3 Å². The molecule has 2 fully saturated rings. The Kier molecular flexibility index (Phi) is 4.73. The van der Waals surface area contributed by atoms with Crippen LogP contribution in [0.2, 0.25) is 0 Å². The first-order valence-corrected chi connectivity index (χ1v) is 9.94. The summed E-state index contributed by atoms with van der Waals surface area (Å²) in [6.07, 6.45) is 7.82. The SMILES string of the molecule is N=S(=O)(c1cccc(OCC2CCCCC2)c1)C1CC(N)C1. The highest BCUT2D eigenvalue weighted by Crippen LogP contribution is 2.32. The van der Waals surface area contributed by atoms with E-state index in [9.17, 15) is 4.21 Å². The number of ether oxygens (including phenoxy) is 1. The van der Waals surface area contributed by atoms with Crippen molar-refractivity contribution < 1.29 is 8.95 Å². The van der Waals surface area contributed by atoms with Crippen LogP contribution in [0.15, 0.2) is 29.2 Å². The van der Waals surface area contributed by atoms with E-state index in [2.05, 4.69) is 0 Å². The van der Waals surface area contributed by atoms with E-state index >= 15 is 0 Å². The Morgan fingerprint density at radius 3 is 2.64 bits per heavy atom. The van der Waals surface area contributed by atoms with Crippen molar-refractivity contribution in [3.8, 4) is 5.75 Å². The molecule has 2 aliphatic rings. The first-order chi connectivity index (χ1) is 10.6. The van der Waals surface area contributed by atoms with Gasteiger partial charge in [0.15, 0.2) is 0 Å². The van der Waals surface area contributed by atoms with Crippen molar-refractivity contribution >= 4 is 9.73 Å². The van der Waals surface area contributed by atoms with Gasteiger partial charge in [-0.05, 0) is 49.8 Å². The molecule has 22 heavy (non-hydrogen) atoms. The van der Waals surface area contributed by atoms with Crippen LogP contribution in [0.25, 0.3) is 0 Å². The Labute approximate surface area is 133 Å². The Bertz CT molecular complexity index is 603. The van der Waals surface area contributed by atoms with Gasteiger partial charge in [0, 0.05) is 6.04 Å². The van der Waals surface area contributed by atoms with Crippen LogP contribution in [-0.2, 0) is 9.73 Å². The van der Waals surface area contributed by atoms with Crippen molar-refractivity contribution in [1.82, 2.24) is 0 Å². The molecule has 1 aromatic carbocycles. The van der Waals surface area contributed by atoms with Crippen LogP contribution in [-0.4, -0.2) is 22.1 Å². The molecule has 0 amide bonds. The molecular formula is C17H26N2O2S. The topological polar surface area (TPSA) is 76.2 Å². The predicted molar refractivity (Wildman–Crippen MR) is 88.6 cm³/mol. The van der Waals surface area contributed by atoms with Crippen LogP contribution < -0.4 is 10.5 Å². The van der Waals surface area contributed by atoms with Gasteiger partial charge in [0.2, 0.25) is 0 Å². The number of nitrogens with one attached hydrogen (secondary N) is 1. The van der Waals surface area contributed by atoms with Crippen molar-refractivity contribution in [3.63, 3.8) is 0 Å². The Morgan fingerprint density at radius 2 is 1.95 bits per heavy atom. The third-order valence-electron chi connectivity index (χ3n) is 4.97. The summed E-state index contributed by atoms with van der Waals surface area (Å²) in [5, 5.41) is -0.101. The smallest absolute Gasteiger partial charge is 0.120 e. The van der Waals surface area contributed by atoms with Crippen LogP contribution >= 0.6 is 0 Å². The van der Waals surface area contributed by atoms with Gasteiger partial charge in [0.05, 0.1) is 26.5 Å². The minimum atomic E-state index is -2.76. The second-order valence-corrected chi connectivity index (χ2v) is 9.08. The predicted octanol–water partition coefficient (Wildman–Crippen LogP) is 3.54. The molecule has 2 aliphatic carbocycles. The minimum absolute atomic E-state index is 0.101. The lowest BCUT2D eigenvalue weighted by molar-refractivity contribution is 0.208. The molecule has 0 radical (unpaired) electrons. The second-order valence-electron chi connectivity index (χ2n) is 6.74. The highest BCUT2D eigenvalue weighted by atomic mass is 32.2. The maximum absolute atomic E-state index is 12.7. The Balaban J connectivity index is 1.64. The van der Waals surface area contributed by atoms with Crippen molar-refractivity contribution in [2.75, 3.05) is 6.61 Å². The fourth-order valence-corrected chi connectivity index (χ4v) is 5.38. The Hall–Kier alpha value is -1.07. The monoisotopic (exact) mass is 322 g/mol. The number of hydrogen-bond donors (Lipinski definition) is 2. The molecule has 0 bridgehead atoms. The fourth-order valence-electron chi connectivity index (χ4n) is 3.39. The maximum atomic E-state index is 12.7. The van der Waals surface area contributed by atoms with Gasteiger partial charge in [-0.1, -0.05) is 25.3 Å². The van der Waals surface area contributed by atoms with Crippen LogP contribution in [0.1, 0.15) is 44.9 Å². The molecule has 4 nitrogen and oxygen atoms in total. The molecule has 0 spiro atoms. The summed E-state index contributed by atoms with van der Waals surface area (Å²) in [5.41, 5.74) is 5.77. The van der Waals surface area contributed by atoms with E-state index in [1.807, 2.05) is 12.1 Å². The summed E-state index contributed by atoms with van der Waals surface area (Å²) in [5.74, 6) is 1.38. The highest BCUT2D eigenvalue weighted by molar-refractivity contribution is 7.93. The summed E-state index contributed by atoms with van der Waals surface area (Å²) in [6.45, 7) is 0.733. The van der Waals surface area contributed by atoms with E-state index in [1.54, 1.807) is 12.1 Å². The molecule has 5 heteroatoms. The molecule has 3 rings (SSSR count). The maximum Gasteiger partial charge on any atom is 0.120 e. The van der Waals surface area contributed by atoms with Crippen molar-refractivity contribution in [1.29, 1.82) is 4.78 Å². The number of nitrogens with two attached hydrogens (primary N) is 1. The first kappa shape index (κ1) is 15.8. The summed E-state index contributed by atoms with van der Waals surface area (Å²) >= 11 is 0. The van der Waals surface area contributed by atoms with E-state index in [-0.39, 0.29) is 11.3 Å². The largest absolute Gasteiger partial charge is 0.493 e. The number of benzene rings is 1. The van der Waals surface area contributed by atoms with Gasteiger partial charge in [-0.25, -0.2) is 8.99 Å². The van der Waals surface area contributed by atoms with E-state index in [0.717, 1.165) is 12.4 Å². The molecule has 0 aliphatic heterocycles. The molecule has 1 aromatic rings. The highest BCUT2D eigenvalue weighted by Gasteiger charge is 2.35. The molecular weight excluding hydrogens is 296 g/mol. The summed E-state index contributed by atoms with van der Waals surface area (Å²) in [4.78, 5) is 0.588. The van der Waals surface area contributed by atoms with E-state index in [1.165, 1.54) is 32.1 Å². The molecule has 2 saturated carbocycles. The molecule has 0 saturated heterocycles. The zero-order chi connectivity index (χ0) is 15.6. The first-order valence-electron chi connectivity index (χ1n) is 8.32. The minimum Gasteiger partial charge on any atom is -0.493 e. The van der Waals surface area contributed by atoms with Crippen molar-refractivity contribution in [2.24, 2.45) is 11.7 Å². The molecule has 3 N–H and O–H groups in total. The van der Waals surface area contributed by atoms with Gasteiger partial charge < -0.3 is 10.5 Å². The third-order valence-corrected chi connectivity index (χ3v) is 7.24. The third kappa shape index (κ3) is 3.46. The second kappa shape index (κ2) is 6.59. The lowest BCUT2D eigenvalue weighted by Gasteiger charge is -2.33. The summed E-state index contributed by atoms with van der Waals surface area (Å²) in [7, 11) is -2.76. The molecule has 0 aromatic heterocycles. The van der Waals surface area contributed by atoms with Gasteiger partial charge in [0.25, 0.3) is 0 Å². The van der Waals surface area contributed by atoms with Crippen LogP contribution in [0.5, 0.6) is 5.75 Å². The molecule has 122 valence electrons. The van der Waals surface area contributed by atoms with Crippen LogP contribution in [0.3, 0.4) is 0 Å². The standard InChI is InChI=1S/C17H26N2O2S/c18-14-9-17(10-14)22(19,20)16-8-4-7-15(11-16)21-12-13-5-2-1-3-6-13/h4,7-8,11,13-14,17,19H,1-3,5-6,9-10,12,18H2. The summed E-state index contributed by atoms with van der Waals surface area (Å²) in [6, 6.07) is 7.43. The average Bonchev–Trinajstić information content (AvgIpc) is 2.51. The quantitative estimate of drug-likeness (QED) is 0.870. The molecule has 0 heterocycles. The van der Waals surface area contributed by atoms with Crippen LogP contribution in [0.4, 0.5) is 0 Å². The normalized spacial score (nSPS) is 28.6. The van der Waals surface area contributed by atoms with Gasteiger partial charge >= 0.3 is 0 Å². The molecule has 1 unspecified atom stereocenters. The lowest BCUT2D eigenvalue weighted by Crippen LogP contribution is -2.44. The van der Waals surface area contributed by atoms with E-state index < -0.39 is 9.73 Å². The van der Waals surface area contributed by atoms with Gasteiger partial charge in [0.1, 0.15) is 5.75 Å². The van der Waals surface area contributed by atoms with Gasteiger partial charge in [-0.2, -0.15) is 0 Å². The number of hydrogen-bond acceptors (Lipinski definition) is 4. The lowest BCUT2D eigenvalue weighted by atomic mass is 9.90. The van der Waals surface area contributed by atoms with Gasteiger partial charge in [-0.3, -0.25) is 0 Å². The summed E-state index contributed by atoms with van der Waals surface area (Å²) < 4.78 is 26.9. The van der Waals surface area contributed by atoms with Crippen LogP contribution in [0, 0.1) is 10.7 Å². The fraction of sp³-hybridized carbons (Fsp3) is 0.647.